The molecular formula is C18H25ClN4O4S2. The lowest BCUT2D eigenvalue weighted by Gasteiger charge is -2.33. The van der Waals surface area contributed by atoms with E-state index in [1.807, 2.05) is 0 Å². The molecule has 8 nitrogen and oxygen atoms in total. The molecule has 3 heterocycles. The van der Waals surface area contributed by atoms with Gasteiger partial charge in [0.05, 0.1) is 10.9 Å². The first-order valence-corrected chi connectivity index (χ1v) is 12.3. The molecule has 3 rings (SSSR count). The summed E-state index contributed by atoms with van der Waals surface area (Å²) in [7, 11) is -3.81. The highest BCUT2D eigenvalue weighted by Crippen LogP contribution is 2.23. The molecule has 1 aromatic heterocycles. The van der Waals surface area contributed by atoms with E-state index in [9.17, 15) is 18.0 Å². The summed E-state index contributed by atoms with van der Waals surface area (Å²) in [6, 6.07) is 2.54. The van der Waals surface area contributed by atoms with Gasteiger partial charge in [-0.25, -0.2) is 8.42 Å². The number of halogens is 1. The van der Waals surface area contributed by atoms with E-state index in [1.54, 1.807) is 17.0 Å². The van der Waals surface area contributed by atoms with Crippen LogP contribution in [0.25, 0.3) is 6.08 Å². The highest BCUT2D eigenvalue weighted by atomic mass is 35.5. The molecule has 3 N–H and O–H groups in total. The molecule has 2 saturated heterocycles. The Kier molecular flexibility index (Phi) is 7.33. The van der Waals surface area contributed by atoms with Gasteiger partial charge in [0, 0.05) is 36.0 Å². The van der Waals surface area contributed by atoms with Crippen molar-refractivity contribution in [3.05, 3.63) is 26.8 Å². The van der Waals surface area contributed by atoms with Crippen LogP contribution in [-0.4, -0.2) is 68.3 Å². The Morgan fingerprint density at radius 2 is 2.07 bits per heavy atom. The summed E-state index contributed by atoms with van der Waals surface area (Å²) in [6.07, 6.45) is 4.24. The van der Waals surface area contributed by atoms with E-state index in [0.29, 0.717) is 41.7 Å². The average molecular weight is 461 g/mol. The topological polar surface area (TPSA) is 113 Å². The van der Waals surface area contributed by atoms with Crippen molar-refractivity contribution in [2.75, 3.05) is 26.2 Å². The fourth-order valence-corrected chi connectivity index (χ4v) is 5.75. The van der Waals surface area contributed by atoms with Gasteiger partial charge in [-0.05, 0) is 43.9 Å². The fourth-order valence-electron chi connectivity index (χ4n) is 3.68. The van der Waals surface area contributed by atoms with Gasteiger partial charge < -0.3 is 15.5 Å². The number of nitrogens with one attached hydrogen (secondary N) is 1. The molecule has 0 bridgehead atoms. The molecule has 2 aliphatic heterocycles. The van der Waals surface area contributed by atoms with Crippen molar-refractivity contribution in [1.29, 1.82) is 0 Å². The van der Waals surface area contributed by atoms with Gasteiger partial charge in [0.15, 0.2) is 0 Å². The van der Waals surface area contributed by atoms with Crippen molar-refractivity contribution in [2.24, 2.45) is 5.73 Å². The van der Waals surface area contributed by atoms with Crippen LogP contribution in [-0.2, 0) is 19.6 Å². The number of sulfonamides is 1. The molecule has 0 saturated carbocycles. The van der Waals surface area contributed by atoms with Crippen molar-refractivity contribution >= 4 is 50.9 Å². The second-order valence-electron chi connectivity index (χ2n) is 7.18. The van der Waals surface area contributed by atoms with Crippen LogP contribution in [0.2, 0.25) is 4.34 Å². The number of rotatable bonds is 7. The van der Waals surface area contributed by atoms with Gasteiger partial charge in [-0.1, -0.05) is 11.6 Å². The lowest BCUT2D eigenvalue weighted by atomic mass is 10.1. The molecule has 0 aliphatic carbocycles. The fraction of sp³-hybridized carbons (Fsp3) is 0.556. The molecule has 2 fully saturated rings. The monoisotopic (exact) mass is 460 g/mol. The predicted molar refractivity (Wildman–Crippen MR) is 114 cm³/mol. The minimum atomic E-state index is -3.81. The molecule has 1 aromatic rings. The Morgan fingerprint density at radius 1 is 1.31 bits per heavy atom. The van der Waals surface area contributed by atoms with E-state index >= 15 is 0 Å². The van der Waals surface area contributed by atoms with Crippen LogP contribution in [0.3, 0.4) is 0 Å². The van der Waals surface area contributed by atoms with Crippen molar-refractivity contribution in [3.63, 3.8) is 0 Å². The van der Waals surface area contributed by atoms with Gasteiger partial charge in [-0.2, -0.15) is 4.72 Å². The summed E-state index contributed by atoms with van der Waals surface area (Å²) in [4.78, 5) is 29.2. The first kappa shape index (κ1) is 22.2. The standard InChI is InChI=1S/C18H25ClN4O4S2/c19-16-6-5-14(28-16)7-10-29(26,27)21-15-4-2-8-22(18(15)25)12-17(24)23-9-1-3-13(23)11-20/h5-7,10,13,15,21H,1-4,8-9,11-12,20H2/b10-7+. The smallest absolute Gasteiger partial charge is 0.242 e. The molecule has 0 spiro atoms. The molecule has 29 heavy (non-hydrogen) atoms. The molecule has 160 valence electrons. The zero-order valence-corrected chi connectivity index (χ0v) is 18.3. The van der Waals surface area contributed by atoms with E-state index in [4.69, 9.17) is 17.3 Å². The lowest BCUT2D eigenvalue weighted by Crippen LogP contribution is -2.55. The Balaban J connectivity index is 1.60. The molecule has 2 amide bonds. The number of hydrogen-bond donors (Lipinski definition) is 2. The molecule has 0 aromatic carbocycles. The highest BCUT2D eigenvalue weighted by Gasteiger charge is 2.34. The van der Waals surface area contributed by atoms with E-state index in [-0.39, 0.29) is 24.4 Å². The van der Waals surface area contributed by atoms with Gasteiger partial charge in [0.25, 0.3) is 0 Å². The molecule has 2 aliphatic rings. The Hall–Kier alpha value is -1.46. The van der Waals surface area contributed by atoms with Gasteiger partial charge in [-0.15, -0.1) is 11.3 Å². The van der Waals surface area contributed by atoms with E-state index < -0.39 is 16.1 Å². The number of hydrogen-bond acceptors (Lipinski definition) is 6. The van der Waals surface area contributed by atoms with Gasteiger partial charge >= 0.3 is 0 Å². The summed E-state index contributed by atoms with van der Waals surface area (Å²) in [5.41, 5.74) is 5.72. The van der Waals surface area contributed by atoms with E-state index in [1.165, 1.54) is 22.3 Å². The summed E-state index contributed by atoms with van der Waals surface area (Å²) in [5.74, 6) is -0.506. The van der Waals surface area contributed by atoms with Crippen LogP contribution >= 0.6 is 22.9 Å². The SMILES string of the molecule is NCC1CCCN1C(=O)CN1CCCC(NS(=O)(=O)/C=C/c2ccc(Cl)s2)C1=O. The minimum Gasteiger partial charge on any atom is -0.337 e. The number of carbonyl (C=O) groups excluding carboxylic acids is 2. The number of nitrogens with two attached hydrogens (primary N) is 1. The molecular weight excluding hydrogens is 436 g/mol. The maximum atomic E-state index is 12.7. The zero-order valence-electron chi connectivity index (χ0n) is 15.9. The van der Waals surface area contributed by atoms with Gasteiger partial charge in [-0.3, -0.25) is 9.59 Å². The summed E-state index contributed by atoms with van der Waals surface area (Å²) >= 11 is 7.10. The number of piperidine rings is 1. The number of amides is 2. The summed E-state index contributed by atoms with van der Waals surface area (Å²) < 4.78 is 27.7. The Labute approximate surface area is 179 Å². The first-order chi connectivity index (χ1) is 13.8. The highest BCUT2D eigenvalue weighted by molar-refractivity contribution is 7.92. The predicted octanol–water partition coefficient (Wildman–Crippen LogP) is 1.23. The summed E-state index contributed by atoms with van der Waals surface area (Å²) in [5, 5.41) is 1.03. The Bertz CT molecular complexity index is 886. The molecule has 0 radical (unpaired) electrons. The second kappa shape index (κ2) is 9.57. The quantitative estimate of drug-likeness (QED) is 0.635. The van der Waals surface area contributed by atoms with Crippen LogP contribution in [0.5, 0.6) is 0 Å². The largest absolute Gasteiger partial charge is 0.337 e. The molecule has 11 heteroatoms. The number of carbonyl (C=O) groups is 2. The van der Waals surface area contributed by atoms with Gasteiger partial charge in [0.2, 0.25) is 21.8 Å². The van der Waals surface area contributed by atoms with Crippen LogP contribution in [0.1, 0.15) is 30.6 Å². The number of thiophene rings is 1. The maximum absolute atomic E-state index is 12.7. The third-order valence-electron chi connectivity index (χ3n) is 5.14. The Morgan fingerprint density at radius 3 is 2.76 bits per heavy atom. The van der Waals surface area contributed by atoms with Crippen LogP contribution in [0.15, 0.2) is 17.5 Å². The van der Waals surface area contributed by atoms with Crippen LogP contribution < -0.4 is 10.5 Å². The normalized spacial score (nSPS) is 23.3. The second-order valence-corrected chi connectivity index (χ2v) is 10.5. The zero-order chi connectivity index (χ0) is 21.0. The van der Waals surface area contributed by atoms with Crippen molar-refractivity contribution in [3.8, 4) is 0 Å². The number of likely N-dealkylation sites (tertiary alicyclic amines) is 2. The summed E-state index contributed by atoms with van der Waals surface area (Å²) in [6.45, 7) is 1.45. The number of nitrogens with zero attached hydrogens (tertiary/aromatic N) is 2. The van der Waals surface area contributed by atoms with Gasteiger partial charge in [0.1, 0.15) is 6.04 Å². The van der Waals surface area contributed by atoms with Crippen molar-refractivity contribution < 1.29 is 18.0 Å². The molecule has 2 unspecified atom stereocenters. The maximum Gasteiger partial charge on any atom is 0.242 e. The van der Waals surface area contributed by atoms with Crippen molar-refractivity contribution in [1.82, 2.24) is 14.5 Å². The van der Waals surface area contributed by atoms with Crippen molar-refractivity contribution in [2.45, 2.75) is 37.8 Å². The lowest BCUT2D eigenvalue weighted by molar-refractivity contribution is -0.143. The third-order valence-corrected chi connectivity index (χ3v) is 7.44. The van der Waals surface area contributed by atoms with E-state index in [2.05, 4.69) is 4.72 Å². The molecule has 2 atom stereocenters. The first-order valence-electron chi connectivity index (χ1n) is 9.53. The van der Waals surface area contributed by atoms with Crippen LogP contribution in [0.4, 0.5) is 0 Å². The minimum absolute atomic E-state index is 0.0209. The average Bonchev–Trinajstić information content (AvgIpc) is 3.32. The van der Waals surface area contributed by atoms with E-state index in [0.717, 1.165) is 18.2 Å². The third kappa shape index (κ3) is 5.79. The van der Waals surface area contributed by atoms with Crippen LogP contribution in [0, 0.1) is 0 Å².